The predicted octanol–water partition coefficient (Wildman–Crippen LogP) is 4.43. The first-order valence-electron chi connectivity index (χ1n) is 9.49. The third kappa shape index (κ3) is 2.65. The van der Waals surface area contributed by atoms with E-state index in [9.17, 15) is 9.59 Å². The van der Waals surface area contributed by atoms with Crippen molar-refractivity contribution in [1.29, 1.82) is 0 Å². The Kier molecular flexibility index (Phi) is 4.05. The zero-order chi connectivity index (χ0) is 17.6. The maximum absolute atomic E-state index is 12.5. The summed E-state index contributed by atoms with van der Waals surface area (Å²) in [6.45, 7) is 4.37. The second-order valence-corrected chi connectivity index (χ2v) is 8.28. The van der Waals surface area contributed by atoms with Gasteiger partial charge in [0, 0.05) is 11.3 Å². The summed E-state index contributed by atoms with van der Waals surface area (Å²) in [6, 6.07) is 9.26. The maximum atomic E-state index is 12.5. The van der Waals surface area contributed by atoms with E-state index in [0.29, 0.717) is 23.3 Å². The molecule has 1 aromatic rings. The highest BCUT2D eigenvalue weighted by molar-refractivity contribution is 5.92. The molecule has 0 unspecified atom stereocenters. The lowest BCUT2D eigenvalue weighted by Gasteiger charge is -2.49. The Labute approximate surface area is 149 Å². The summed E-state index contributed by atoms with van der Waals surface area (Å²) in [7, 11) is 0. The molecule has 3 heteroatoms. The Morgan fingerprint density at radius 1 is 1.16 bits per heavy atom. The molecule has 0 amide bonds. The van der Waals surface area contributed by atoms with Crippen LogP contribution in [0.5, 0.6) is 0 Å². The molecule has 0 saturated heterocycles. The van der Waals surface area contributed by atoms with Crippen molar-refractivity contribution in [3.63, 3.8) is 0 Å². The van der Waals surface area contributed by atoms with Crippen molar-refractivity contribution < 1.29 is 14.3 Å². The van der Waals surface area contributed by atoms with E-state index in [1.807, 2.05) is 30.3 Å². The first-order chi connectivity index (χ1) is 12.0. The van der Waals surface area contributed by atoms with Crippen LogP contribution in [-0.4, -0.2) is 17.9 Å². The Balaban J connectivity index is 1.54. The minimum Gasteiger partial charge on any atom is -0.458 e. The fraction of sp³-hybridized carbons (Fsp3) is 0.545. The second kappa shape index (κ2) is 6.12. The van der Waals surface area contributed by atoms with Gasteiger partial charge in [-0.05, 0) is 61.6 Å². The minimum absolute atomic E-state index is 0.0208. The molecule has 4 rings (SSSR count). The van der Waals surface area contributed by atoms with Gasteiger partial charge in [-0.3, -0.25) is 4.79 Å². The van der Waals surface area contributed by atoms with Crippen LogP contribution < -0.4 is 0 Å². The molecule has 25 heavy (non-hydrogen) atoms. The number of esters is 1. The van der Waals surface area contributed by atoms with Gasteiger partial charge in [0.05, 0.1) is 5.56 Å². The van der Waals surface area contributed by atoms with Gasteiger partial charge in [-0.1, -0.05) is 38.1 Å². The van der Waals surface area contributed by atoms with Crippen LogP contribution in [0.2, 0.25) is 0 Å². The van der Waals surface area contributed by atoms with Crippen LogP contribution in [0.15, 0.2) is 42.5 Å². The van der Waals surface area contributed by atoms with Crippen molar-refractivity contribution in [3.05, 3.63) is 48.0 Å². The summed E-state index contributed by atoms with van der Waals surface area (Å²) in [4.78, 5) is 24.5. The van der Waals surface area contributed by atoms with Crippen LogP contribution in [0.4, 0.5) is 0 Å². The third-order valence-electron chi connectivity index (χ3n) is 7.13. The quantitative estimate of drug-likeness (QED) is 0.749. The normalized spacial score (nSPS) is 39.6. The molecule has 1 aromatic carbocycles. The molecular weight excluding hydrogens is 312 g/mol. The number of rotatable bonds is 2. The second-order valence-electron chi connectivity index (χ2n) is 8.28. The summed E-state index contributed by atoms with van der Waals surface area (Å²) < 4.78 is 5.97. The summed E-state index contributed by atoms with van der Waals surface area (Å²) >= 11 is 0. The molecule has 0 bridgehead atoms. The van der Waals surface area contributed by atoms with Crippen LogP contribution in [0, 0.1) is 29.1 Å². The molecular formula is C22H26O3. The lowest BCUT2D eigenvalue weighted by molar-refractivity contribution is -0.123. The lowest BCUT2D eigenvalue weighted by Crippen LogP contribution is -2.47. The van der Waals surface area contributed by atoms with Gasteiger partial charge in [-0.25, -0.2) is 4.79 Å². The van der Waals surface area contributed by atoms with E-state index in [0.717, 1.165) is 25.7 Å². The van der Waals surface area contributed by atoms with E-state index in [2.05, 4.69) is 19.9 Å². The molecule has 0 radical (unpaired) electrons. The van der Waals surface area contributed by atoms with E-state index in [4.69, 9.17) is 4.74 Å². The molecule has 0 heterocycles. The minimum atomic E-state index is -0.211. The van der Waals surface area contributed by atoms with Crippen molar-refractivity contribution in [2.75, 3.05) is 0 Å². The number of carbonyl (C=O) groups is 2. The largest absolute Gasteiger partial charge is 0.458 e. The van der Waals surface area contributed by atoms with Crippen LogP contribution >= 0.6 is 0 Å². The summed E-state index contributed by atoms with van der Waals surface area (Å²) in [5, 5.41) is 0. The van der Waals surface area contributed by atoms with Gasteiger partial charge in [0.1, 0.15) is 6.10 Å². The molecule has 3 aliphatic carbocycles. The molecule has 3 aliphatic rings. The van der Waals surface area contributed by atoms with Crippen molar-refractivity contribution in [2.24, 2.45) is 29.1 Å². The van der Waals surface area contributed by atoms with Gasteiger partial charge >= 0.3 is 5.97 Å². The molecule has 2 saturated carbocycles. The van der Waals surface area contributed by atoms with Gasteiger partial charge in [-0.15, -0.1) is 0 Å². The molecule has 0 aliphatic heterocycles. The summed E-state index contributed by atoms with van der Waals surface area (Å²) in [6.07, 6.45) is 8.02. The van der Waals surface area contributed by atoms with E-state index >= 15 is 0 Å². The summed E-state index contributed by atoms with van der Waals surface area (Å²) in [5.74, 6) is 1.61. The molecule has 0 aromatic heterocycles. The monoisotopic (exact) mass is 338 g/mol. The zero-order valence-electron chi connectivity index (χ0n) is 15.0. The molecule has 0 N–H and O–H groups in total. The molecule has 2 fully saturated rings. The number of hydrogen-bond acceptors (Lipinski definition) is 3. The molecule has 132 valence electrons. The average Bonchev–Trinajstić information content (AvgIpc) is 2.95. The Bertz CT molecular complexity index is 707. The highest BCUT2D eigenvalue weighted by Gasteiger charge is 2.56. The number of fused-ring (bicyclic) bond motifs is 3. The highest BCUT2D eigenvalue weighted by atomic mass is 16.5. The van der Waals surface area contributed by atoms with Crippen LogP contribution in [0.25, 0.3) is 0 Å². The maximum Gasteiger partial charge on any atom is 0.338 e. The predicted molar refractivity (Wildman–Crippen MR) is 96.0 cm³/mol. The number of benzene rings is 1. The SMILES string of the molecule is C[C@@H]1C(=O)C=C[C@@H]2[C@H]1CC[C@@]1(C)[C@@H](OC(=O)c3ccccc3)CC[C@H]21. The standard InChI is InChI=1S/C22H26O3/c1-14-16-12-13-22(2)18(17(16)8-10-19(14)23)9-11-20(22)25-21(24)15-6-4-3-5-7-15/h3-8,10,14,16-18,20H,9,11-13H2,1-2H3/t14-,16-,17+,18+,20-,22+/m0/s1. The molecule has 6 atom stereocenters. The number of ether oxygens (including phenoxy) is 1. The first kappa shape index (κ1) is 16.6. The Morgan fingerprint density at radius 2 is 1.92 bits per heavy atom. The average molecular weight is 338 g/mol. The van der Waals surface area contributed by atoms with Crippen LogP contribution in [0.3, 0.4) is 0 Å². The zero-order valence-corrected chi connectivity index (χ0v) is 15.0. The van der Waals surface area contributed by atoms with Gasteiger partial charge in [-0.2, -0.15) is 0 Å². The highest BCUT2D eigenvalue weighted by Crippen LogP contribution is 2.59. The number of hydrogen-bond donors (Lipinski definition) is 0. The molecule has 3 nitrogen and oxygen atoms in total. The number of allylic oxidation sites excluding steroid dienone is 2. The first-order valence-corrected chi connectivity index (χ1v) is 9.49. The van der Waals surface area contributed by atoms with Crippen LogP contribution in [-0.2, 0) is 9.53 Å². The fourth-order valence-electron chi connectivity index (χ4n) is 5.57. The van der Waals surface area contributed by atoms with Crippen molar-refractivity contribution in [2.45, 2.75) is 45.6 Å². The van der Waals surface area contributed by atoms with E-state index in [1.165, 1.54) is 0 Å². The van der Waals surface area contributed by atoms with Gasteiger partial charge in [0.2, 0.25) is 0 Å². The summed E-state index contributed by atoms with van der Waals surface area (Å²) in [5.41, 5.74) is 0.649. The molecule has 0 spiro atoms. The van der Waals surface area contributed by atoms with Crippen LogP contribution in [0.1, 0.15) is 49.9 Å². The van der Waals surface area contributed by atoms with E-state index in [1.54, 1.807) is 6.08 Å². The van der Waals surface area contributed by atoms with Gasteiger partial charge in [0.25, 0.3) is 0 Å². The van der Waals surface area contributed by atoms with Gasteiger partial charge in [0.15, 0.2) is 5.78 Å². The third-order valence-corrected chi connectivity index (χ3v) is 7.13. The van der Waals surface area contributed by atoms with Crippen molar-refractivity contribution in [3.8, 4) is 0 Å². The number of carbonyl (C=O) groups excluding carboxylic acids is 2. The fourth-order valence-corrected chi connectivity index (χ4v) is 5.57. The van der Waals surface area contributed by atoms with Crippen molar-refractivity contribution >= 4 is 11.8 Å². The Hall–Kier alpha value is -1.90. The number of ketones is 1. The Morgan fingerprint density at radius 3 is 2.68 bits per heavy atom. The van der Waals surface area contributed by atoms with E-state index in [-0.39, 0.29) is 29.2 Å². The smallest absolute Gasteiger partial charge is 0.338 e. The van der Waals surface area contributed by atoms with Gasteiger partial charge < -0.3 is 4.74 Å². The lowest BCUT2D eigenvalue weighted by atomic mass is 9.56. The van der Waals surface area contributed by atoms with E-state index < -0.39 is 0 Å². The van der Waals surface area contributed by atoms with Crippen molar-refractivity contribution in [1.82, 2.24) is 0 Å². The topological polar surface area (TPSA) is 43.4 Å².